The Morgan fingerprint density at radius 1 is 1.14 bits per heavy atom. The first kappa shape index (κ1) is 20.4. The second kappa shape index (κ2) is 9.24. The molecule has 0 fully saturated rings. The molecule has 1 heterocycles. The summed E-state index contributed by atoms with van der Waals surface area (Å²) in [6, 6.07) is 17.1. The second-order valence-electron chi connectivity index (χ2n) is 7.15. The predicted molar refractivity (Wildman–Crippen MR) is 117 cm³/mol. The lowest BCUT2D eigenvalue weighted by Gasteiger charge is -2.10. The summed E-state index contributed by atoms with van der Waals surface area (Å²) in [5.74, 6) is -0.517. The fraction of sp³-hybridized carbons (Fsp3) is 0.250. The quantitative estimate of drug-likeness (QED) is 0.445. The number of unbranched alkanes of at least 4 members (excludes halogenated alkanes) is 1. The third-order valence-corrected chi connectivity index (χ3v) is 5.00. The monoisotopic (exact) mass is 389 g/mol. The molecule has 0 aliphatic heterocycles. The van der Waals surface area contributed by atoms with Crippen LogP contribution in [0.4, 0.5) is 0 Å². The van der Waals surface area contributed by atoms with E-state index in [4.69, 9.17) is 0 Å². The van der Waals surface area contributed by atoms with Gasteiger partial charge in [0.2, 0.25) is 0 Å². The van der Waals surface area contributed by atoms with Gasteiger partial charge >= 0.3 is 0 Å². The van der Waals surface area contributed by atoms with E-state index >= 15 is 0 Å². The minimum Gasteiger partial charge on any atom is -0.507 e. The van der Waals surface area contributed by atoms with Crippen molar-refractivity contribution in [1.29, 1.82) is 0 Å². The molecule has 29 heavy (non-hydrogen) atoms. The number of nitrogens with one attached hydrogen (secondary N) is 1. The van der Waals surface area contributed by atoms with Crippen molar-refractivity contribution < 1.29 is 9.90 Å². The van der Waals surface area contributed by atoms with Gasteiger partial charge in [-0.3, -0.25) is 4.79 Å². The molecule has 0 aliphatic rings. The van der Waals surface area contributed by atoms with Gasteiger partial charge in [0.15, 0.2) is 0 Å². The number of phenolic OH excluding ortho intramolecular Hbond substituents is 1. The molecule has 0 saturated carbocycles. The number of aromatic nitrogens is 1. The largest absolute Gasteiger partial charge is 0.507 e. The lowest BCUT2D eigenvalue weighted by molar-refractivity contribution is 0.0952. The van der Waals surface area contributed by atoms with Crippen LogP contribution in [0.5, 0.6) is 5.75 Å². The van der Waals surface area contributed by atoms with Crippen LogP contribution in [0.25, 0.3) is 5.69 Å². The Labute approximate surface area is 171 Å². The summed E-state index contributed by atoms with van der Waals surface area (Å²) in [5.41, 5.74) is 8.19. The minimum atomic E-state index is -0.448. The highest BCUT2D eigenvalue weighted by atomic mass is 16.3. The normalized spacial score (nSPS) is 11.1. The van der Waals surface area contributed by atoms with E-state index in [1.807, 2.05) is 13.0 Å². The Morgan fingerprint density at radius 2 is 1.86 bits per heavy atom. The van der Waals surface area contributed by atoms with Crippen molar-refractivity contribution in [3.8, 4) is 11.4 Å². The first-order chi connectivity index (χ1) is 14.0. The maximum Gasteiger partial charge on any atom is 0.275 e. The van der Waals surface area contributed by atoms with Gasteiger partial charge in [-0.25, -0.2) is 5.43 Å². The number of rotatable bonds is 7. The molecule has 2 N–H and O–H groups in total. The fourth-order valence-electron chi connectivity index (χ4n) is 3.39. The standard InChI is InChI=1S/C24H27N3O2/c1-4-5-8-19-11-13-21(14-12-19)27-17(2)15-20(18(27)3)16-25-26-24(29)22-9-6-7-10-23(22)28/h6-7,9-16,28H,4-5,8H2,1-3H3,(H,26,29)/b25-16+. The molecule has 1 amide bonds. The lowest BCUT2D eigenvalue weighted by Crippen LogP contribution is -2.17. The van der Waals surface area contributed by atoms with E-state index in [1.165, 1.54) is 24.5 Å². The van der Waals surface area contributed by atoms with Gasteiger partial charge in [-0.15, -0.1) is 0 Å². The van der Waals surface area contributed by atoms with Crippen LogP contribution in [-0.2, 0) is 6.42 Å². The van der Waals surface area contributed by atoms with E-state index in [1.54, 1.807) is 24.4 Å². The van der Waals surface area contributed by atoms with Crippen molar-refractivity contribution >= 4 is 12.1 Å². The molecule has 5 nitrogen and oxygen atoms in total. The van der Waals surface area contributed by atoms with Crippen LogP contribution in [0.3, 0.4) is 0 Å². The van der Waals surface area contributed by atoms with E-state index in [2.05, 4.69) is 53.2 Å². The number of para-hydroxylation sites is 1. The zero-order valence-electron chi connectivity index (χ0n) is 17.1. The molecule has 0 radical (unpaired) electrons. The van der Waals surface area contributed by atoms with E-state index in [0.29, 0.717) is 0 Å². The van der Waals surface area contributed by atoms with Crippen molar-refractivity contribution in [3.05, 3.63) is 82.7 Å². The zero-order valence-corrected chi connectivity index (χ0v) is 17.1. The van der Waals surface area contributed by atoms with Crippen LogP contribution in [0.1, 0.15) is 52.6 Å². The molecule has 0 bridgehead atoms. The van der Waals surface area contributed by atoms with Crippen LogP contribution in [-0.4, -0.2) is 21.8 Å². The van der Waals surface area contributed by atoms with Gasteiger partial charge < -0.3 is 9.67 Å². The SMILES string of the molecule is CCCCc1ccc(-n2c(C)cc(/C=N/NC(=O)c3ccccc3O)c2C)cc1. The summed E-state index contributed by atoms with van der Waals surface area (Å²) in [7, 11) is 0. The number of phenols is 1. The first-order valence-corrected chi connectivity index (χ1v) is 9.91. The number of benzene rings is 2. The molecular weight excluding hydrogens is 362 g/mol. The number of amides is 1. The summed E-state index contributed by atoms with van der Waals surface area (Å²) in [4.78, 5) is 12.2. The Bertz CT molecular complexity index is 1020. The average molecular weight is 389 g/mol. The number of carbonyl (C=O) groups excluding carboxylic acids is 1. The Hall–Kier alpha value is -3.34. The van der Waals surface area contributed by atoms with Gasteiger partial charge in [0.1, 0.15) is 5.75 Å². The third-order valence-electron chi connectivity index (χ3n) is 5.00. The lowest BCUT2D eigenvalue weighted by atomic mass is 10.1. The molecule has 0 unspecified atom stereocenters. The second-order valence-corrected chi connectivity index (χ2v) is 7.15. The van der Waals surface area contributed by atoms with E-state index in [-0.39, 0.29) is 11.3 Å². The van der Waals surface area contributed by atoms with Crippen LogP contribution >= 0.6 is 0 Å². The summed E-state index contributed by atoms with van der Waals surface area (Å²) < 4.78 is 2.18. The molecule has 0 spiro atoms. The van der Waals surface area contributed by atoms with Crippen LogP contribution in [0, 0.1) is 13.8 Å². The molecule has 1 aromatic heterocycles. The Kier molecular flexibility index (Phi) is 6.50. The maximum atomic E-state index is 12.2. The molecule has 3 rings (SSSR count). The molecule has 0 aliphatic carbocycles. The van der Waals surface area contributed by atoms with Gasteiger partial charge in [0.05, 0.1) is 11.8 Å². The van der Waals surface area contributed by atoms with Gasteiger partial charge in [-0.05, 0) is 62.6 Å². The Balaban J connectivity index is 1.74. The number of nitrogens with zero attached hydrogens (tertiary/aromatic N) is 2. The summed E-state index contributed by atoms with van der Waals surface area (Å²) in [6.45, 7) is 6.29. The van der Waals surface area contributed by atoms with Crippen molar-refractivity contribution in [2.45, 2.75) is 40.0 Å². The topological polar surface area (TPSA) is 66.6 Å². The summed E-state index contributed by atoms with van der Waals surface area (Å²) in [5, 5.41) is 13.8. The highest BCUT2D eigenvalue weighted by molar-refractivity contribution is 5.97. The fourth-order valence-corrected chi connectivity index (χ4v) is 3.39. The molecule has 0 atom stereocenters. The van der Waals surface area contributed by atoms with Gasteiger partial charge in [-0.1, -0.05) is 37.6 Å². The molecule has 0 saturated heterocycles. The first-order valence-electron chi connectivity index (χ1n) is 9.91. The highest BCUT2D eigenvalue weighted by Gasteiger charge is 2.11. The van der Waals surface area contributed by atoms with Crippen LogP contribution in [0.2, 0.25) is 0 Å². The van der Waals surface area contributed by atoms with Gasteiger partial charge in [0, 0.05) is 22.6 Å². The molecule has 3 aromatic rings. The maximum absolute atomic E-state index is 12.2. The Morgan fingerprint density at radius 3 is 2.55 bits per heavy atom. The predicted octanol–water partition coefficient (Wildman–Crippen LogP) is 4.91. The number of aryl methyl sites for hydroxylation is 2. The molecular formula is C24H27N3O2. The van der Waals surface area contributed by atoms with E-state index < -0.39 is 5.91 Å². The third kappa shape index (κ3) is 4.74. The average Bonchev–Trinajstić information content (AvgIpc) is 3.00. The van der Waals surface area contributed by atoms with Crippen LogP contribution in [0.15, 0.2) is 59.7 Å². The van der Waals surface area contributed by atoms with Gasteiger partial charge in [0.25, 0.3) is 5.91 Å². The van der Waals surface area contributed by atoms with Crippen molar-refractivity contribution in [3.63, 3.8) is 0 Å². The van der Waals surface area contributed by atoms with Crippen molar-refractivity contribution in [2.75, 3.05) is 0 Å². The molecule has 5 heteroatoms. The van der Waals surface area contributed by atoms with Crippen LogP contribution < -0.4 is 5.43 Å². The number of hydrogen-bond donors (Lipinski definition) is 2. The number of hydrazone groups is 1. The molecule has 2 aromatic carbocycles. The number of hydrogen-bond acceptors (Lipinski definition) is 3. The smallest absolute Gasteiger partial charge is 0.275 e. The van der Waals surface area contributed by atoms with E-state index in [9.17, 15) is 9.90 Å². The van der Waals surface area contributed by atoms with E-state index in [0.717, 1.165) is 29.1 Å². The summed E-state index contributed by atoms with van der Waals surface area (Å²) in [6.07, 6.45) is 5.13. The highest BCUT2D eigenvalue weighted by Crippen LogP contribution is 2.21. The zero-order chi connectivity index (χ0) is 20.8. The molecule has 150 valence electrons. The minimum absolute atomic E-state index is 0.0687. The van der Waals surface area contributed by atoms with Crippen molar-refractivity contribution in [2.24, 2.45) is 5.10 Å². The van der Waals surface area contributed by atoms with Gasteiger partial charge in [-0.2, -0.15) is 5.10 Å². The number of carbonyl (C=O) groups is 1. The summed E-state index contributed by atoms with van der Waals surface area (Å²) >= 11 is 0. The number of aromatic hydroxyl groups is 1. The van der Waals surface area contributed by atoms with Crippen molar-refractivity contribution in [1.82, 2.24) is 9.99 Å².